The summed E-state index contributed by atoms with van der Waals surface area (Å²) in [6.45, 7) is 2.83. The molecule has 0 unspecified atom stereocenters. The molecule has 1 fully saturated rings. The van der Waals surface area contributed by atoms with Gasteiger partial charge in [-0.1, -0.05) is 25.0 Å². The maximum Gasteiger partial charge on any atom is 0.242 e. The Hall–Kier alpha value is -1.55. The minimum atomic E-state index is 0.234. The number of nitrogens with zero attached hydrogens (tertiary/aromatic N) is 2. The Kier molecular flexibility index (Phi) is 5.41. The Bertz CT molecular complexity index is 422. The van der Waals surface area contributed by atoms with Gasteiger partial charge in [0.15, 0.2) is 0 Å². The lowest BCUT2D eigenvalue weighted by molar-refractivity contribution is -0.129. The lowest BCUT2D eigenvalue weighted by Crippen LogP contribution is -2.39. The molecule has 1 saturated heterocycles. The molecule has 0 spiro atoms. The number of benzene rings is 1. The van der Waals surface area contributed by atoms with Gasteiger partial charge in [-0.25, -0.2) is 0 Å². The summed E-state index contributed by atoms with van der Waals surface area (Å²) >= 11 is 0. The van der Waals surface area contributed by atoms with Gasteiger partial charge in [0, 0.05) is 32.4 Å². The molecule has 1 aromatic carbocycles. The van der Waals surface area contributed by atoms with Crippen LogP contribution in [0.4, 0.5) is 5.69 Å². The van der Waals surface area contributed by atoms with Gasteiger partial charge in [-0.2, -0.15) is 0 Å². The third kappa shape index (κ3) is 3.97. The van der Waals surface area contributed by atoms with E-state index in [4.69, 9.17) is 5.73 Å². The first kappa shape index (κ1) is 14.9. The van der Waals surface area contributed by atoms with Gasteiger partial charge in [-0.3, -0.25) is 4.79 Å². The first-order valence-corrected chi connectivity index (χ1v) is 7.48. The van der Waals surface area contributed by atoms with E-state index in [0.29, 0.717) is 13.1 Å². The van der Waals surface area contributed by atoms with Crippen LogP contribution in [0.3, 0.4) is 0 Å². The Morgan fingerprint density at radius 1 is 1.15 bits per heavy atom. The van der Waals surface area contributed by atoms with Gasteiger partial charge in [0.1, 0.15) is 0 Å². The van der Waals surface area contributed by atoms with Gasteiger partial charge in [-0.05, 0) is 30.5 Å². The molecule has 0 atom stereocenters. The molecule has 4 nitrogen and oxygen atoms in total. The highest BCUT2D eigenvalue weighted by atomic mass is 16.2. The number of likely N-dealkylation sites (tertiary alicyclic amines) is 1. The summed E-state index contributed by atoms with van der Waals surface area (Å²) in [7, 11) is 1.97. The number of amides is 1. The number of anilines is 1. The maximum absolute atomic E-state index is 12.3. The standard InChI is InChI=1S/C16H25N3O/c1-18(15-8-6-14(12-17)7-9-15)13-16(20)19-10-4-2-3-5-11-19/h6-9H,2-5,10-13,17H2,1H3. The Morgan fingerprint density at radius 2 is 1.75 bits per heavy atom. The van der Waals surface area contributed by atoms with Gasteiger partial charge >= 0.3 is 0 Å². The van der Waals surface area contributed by atoms with E-state index in [9.17, 15) is 4.79 Å². The quantitative estimate of drug-likeness (QED) is 0.914. The minimum Gasteiger partial charge on any atom is -0.365 e. The summed E-state index contributed by atoms with van der Waals surface area (Å²) in [6.07, 6.45) is 4.78. The largest absolute Gasteiger partial charge is 0.365 e. The molecule has 0 aliphatic carbocycles. The molecule has 1 heterocycles. The molecule has 4 heteroatoms. The van der Waals surface area contributed by atoms with E-state index in [1.165, 1.54) is 12.8 Å². The van der Waals surface area contributed by atoms with Crippen molar-refractivity contribution in [1.82, 2.24) is 4.90 Å². The predicted molar refractivity (Wildman–Crippen MR) is 82.7 cm³/mol. The van der Waals surface area contributed by atoms with Crippen LogP contribution in [-0.4, -0.2) is 37.5 Å². The van der Waals surface area contributed by atoms with Gasteiger partial charge in [0.25, 0.3) is 0 Å². The number of rotatable bonds is 4. The maximum atomic E-state index is 12.3. The van der Waals surface area contributed by atoms with Crippen LogP contribution in [0.1, 0.15) is 31.2 Å². The van der Waals surface area contributed by atoms with Crippen molar-refractivity contribution in [1.29, 1.82) is 0 Å². The topological polar surface area (TPSA) is 49.6 Å². The molecular weight excluding hydrogens is 250 g/mol. The van der Waals surface area contributed by atoms with Gasteiger partial charge < -0.3 is 15.5 Å². The highest BCUT2D eigenvalue weighted by Gasteiger charge is 2.17. The summed E-state index contributed by atoms with van der Waals surface area (Å²) in [6, 6.07) is 8.08. The fourth-order valence-corrected chi connectivity index (χ4v) is 2.60. The summed E-state index contributed by atoms with van der Waals surface area (Å²) in [5.41, 5.74) is 7.77. The van der Waals surface area contributed by atoms with Crippen LogP contribution in [-0.2, 0) is 11.3 Å². The van der Waals surface area contributed by atoms with Crippen molar-refractivity contribution in [2.75, 3.05) is 31.6 Å². The summed E-state index contributed by atoms with van der Waals surface area (Å²) in [4.78, 5) is 16.3. The number of carbonyl (C=O) groups excluding carboxylic acids is 1. The highest BCUT2D eigenvalue weighted by Crippen LogP contribution is 2.15. The van der Waals surface area contributed by atoms with Gasteiger partial charge in [-0.15, -0.1) is 0 Å². The molecule has 110 valence electrons. The van der Waals surface area contributed by atoms with Crippen molar-refractivity contribution in [3.63, 3.8) is 0 Å². The lowest BCUT2D eigenvalue weighted by Gasteiger charge is -2.25. The number of hydrogen-bond donors (Lipinski definition) is 1. The second-order valence-corrected chi connectivity index (χ2v) is 5.52. The highest BCUT2D eigenvalue weighted by molar-refractivity contribution is 5.81. The Labute approximate surface area is 121 Å². The van der Waals surface area contributed by atoms with E-state index in [0.717, 1.165) is 37.2 Å². The zero-order valence-corrected chi connectivity index (χ0v) is 12.3. The van der Waals surface area contributed by atoms with E-state index < -0.39 is 0 Å². The van der Waals surface area contributed by atoms with Crippen LogP contribution in [0.15, 0.2) is 24.3 Å². The summed E-state index contributed by atoms with van der Waals surface area (Å²) in [5, 5.41) is 0. The van der Waals surface area contributed by atoms with Crippen LogP contribution in [0.2, 0.25) is 0 Å². The number of nitrogens with two attached hydrogens (primary N) is 1. The Balaban J connectivity index is 1.91. The molecule has 0 radical (unpaired) electrons. The molecule has 2 rings (SSSR count). The van der Waals surface area contributed by atoms with Crippen LogP contribution >= 0.6 is 0 Å². The average Bonchev–Trinajstić information content (AvgIpc) is 2.76. The normalized spacial score (nSPS) is 15.8. The van der Waals surface area contributed by atoms with Crippen molar-refractivity contribution in [3.8, 4) is 0 Å². The SMILES string of the molecule is CN(CC(=O)N1CCCCCC1)c1ccc(CN)cc1. The first-order valence-electron chi connectivity index (χ1n) is 7.48. The minimum absolute atomic E-state index is 0.234. The van der Waals surface area contributed by atoms with E-state index in [1.807, 2.05) is 41.1 Å². The van der Waals surface area contributed by atoms with Crippen molar-refractivity contribution in [2.24, 2.45) is 5.73 Å². The lowest BCUT2D eigenvalue weighted by atomic mass is 10.2. The smallest absolute Gasteiger partial charge is 0.242 e. The second kappa shape index (κ2) is 7.29. The predicted octanol–water partition coefficient (Wildman–Crippen LogP) is 1.98. The van der Waals surface area contributed by atoms with E-state index in [1.54, 1.807) is 0 Å². The monoisotopic (exact) mass is 275 g/mol. The summed E-state index contributed by atoms with van der Waals surface area (Å²) < 4.78 is 0. The second-order valence-electron chi connectivity index (χ2n) is 5.52. The van der Waals surface area contributed by atoms with Gasteiger partial charge in [0.2, 0.25) is 5.91 Å². The Morgan fingerprint density at radius 3 is 2.30 bits per heavy atom. The molecule has 20 heavy (non-hydrogen) atoms. The summed E-state index contributed by atoms with van der Waals surface area (Å²) in [5.74, 6) is 0.234. The zero-order chi connectivity index (χ0) is 14.4. The van der Waals surface area contributed by atoms with Crippen LogP contribution in [0.5, 0.6) is 0 Å². The molecule has 0 saturated carbocycles. The molecule has 1 aromatic rings. The third-order valence-electron chi connectivity index (χ3n) is 3.94. The molecule has 0 aromatic heterocycles. The van der Waals surface area contributed by atoms with E-state index in [-0.39, 0.29) is 5.91 Å². The number of likely N-dealkylation sites (N-methyl/N-ethyl adjacent to an activating group) is 1. The van der Waals surface area contributed by atoms with E-state index >= 15 is 0 Å². The average molecular weight is 275 g/mol. The molecule has 1 aliphatic heterocycles. The van der Waals surface area contributed by atoms with Crippen molar-refractivity contribution in [2.45, 2.75) is 32.2 Å². The number of hydrogen-bond acceptors (Lipinski definition) is 3. The molecule has 2 N–H and O–H groups in total. The number of carbonyl (C=O) groups is 1. The van der Waals surface area contributed by atoms with Crippen molar-refractivity contribution < 1.29 is 4.79 Å². The molecule has 1 amide bonds. The zero-order valence-electron chi connectivity index (χ0n) is 12.3. The molecular formula is C16H25N3O. The van der Waals surface area contributed by atoms with E-state index in [2.05, 4.69) is 0 Å². The molecule has 0 bridgehead atoms. The molecule has 1 aliphatic rings. The van der Waals surface area contributed by atoms with Crippen LogP contribution in [0, 0.1) is 0 Å². The van der Waals surface area contributed by atoms with Crippen molar-refractivity contribution >= 4 is 11.6 Å². The van der Waals surface area contributed by atoms with Crippen LogP contribution in [0.25, 0.3) is 0 Å². The fourth-order valence-electron chi connectivity index (χ4n) is 2.60. The third-order valence-corrected chi connectivity index (χ3v) is 3.94. The van der Waals surface area contributed by atoms with Crippen molar-refractivity contribution in [3.05, 3.63) is 29.8 Å². The first-order chi connectivity index (χ1) is 9.70. The van der Waals surface area contributed by atoms with Crippen LogP contribution < -0.4 is 10.6 Å². The fraction of sp³-hybridized carbons (Fsp3) is 0.562. The van der Waals surface area contributed by atoms with Gasteiger partial charge in [0.05, 0.1) is 6.54 Å².